The molecule has 1 spiro atoms. The minimum absolute atomic E-state index is 0.204. The van der Waals surface area contributed by atoms with E-state index < -0.39 is 53.2 Å². The minimum atomic E-state index is -1.74. The van der Waals surface area contributed by atoms with Crippen LogP contribution in [0.3, 0.4) is 0 Å². The van der Waals surface area contributed by atoms with Gasteiger partial charge in [-0.05, 0) is 25.0 Å². The van der Waals surface area contributed by atoms with Gasteiger partial charge < -0.3 is 15.4 Å². The Kier molecular flexibility index (Phi) is 5.76. The lowest BCUT2D eigenvalue weighted by Gasteiger charge is -2.19. The van der Waals surface area contributed by atoms with Crippen LogP contribution >= 0.6 is 0 Å². The first kappa shape index (κ1) is 20.6. The summed E-state index contributed by atoms with van der Waals surface area (Å²) in [7, 11) is 0. The zero-order chi connectivity index (χ0) is 21.2. The van der Waals surface area contributed by atoms with Gasteiger partial charge in [-0.1, -0.05) is 12.8 Å². The Bertz CT molecular complexity index is 871. The van der Waals surface area contributed by atoms with Crippen molar-refractivity contribution in [2.75, 3.05) is 18.5 Å². The number of carbonyl (C=O) groups is 4. The van der Waals surface area contributed by atoms with E-state index in [0.717, 1.165) is 23.8 Å². The second-order valence-electron chi connectivity index (χ2n) is 6.86. The zero-order valence-corrected chi connectivity index (χ0v) is 15.2. The lowest BCUT2D eigenvalue weighted by molar-refractivity contribution is -0.147. The van der Waals surface area contributed by atoms with Crippen LogP contribution in [0.5, 0.6) is 0 Å². The van der Waals surface area contributed by atoms with Gasteiger partial charge in [-0.15, -0.1) is 0 Å². The monoisotopic (exact) mass is 413 g/mol. The van der Waals surface area contributed by atoms with Crippen molar-refractivity contribution in [3.8, 4) is 0 Å². The Morgan fingerprint density at radius 1 is 1.14 bits per heavy atom. The molecule has 2 aliphatic rings. The SMILES string of the molecule is O=C(COC(=O)CCN1C(=O)NC2(CCCC2)C1=O)Nc1ccc(F)c(F)c1F. The van der Waals surface area contributed by atoms with Gasteiger partial charge >= 0.3 is 12.0 Å². The van der Waals surface area contributed by atoms with Gasteiger partial charge in [-0.3, -0.25) is 19.3 Å². The fourth-order valence-electron chi connectivity index (χ4n) is 3.43. The van der Waals surface area contributed by atoms with E-state index in [1.807, 2.05) is 5.32 Å². The minimum Gasteiger partial charge on any atom is -0.456 e. The first-order valence-electron chi connectivity index (χ1n) is 8.96. The molecule has 1 heterocycles. The lowest BCUT2D eigenvalue weighted by atomic mass is 9.98. The number of imide groups is 1. The van der Waals surface area contributed by atoms with E-state index in [9.17, 15) is 32.3 Å². The summed E-state index contributed by atoms with van der Waals surface area (Å²) in [5, 5.41) is 4.62. The number of hydrogen-bond acceptors (Lipinski definition) is 5. The maximum atomic E-state index is 13.5. The molecule has 0 aromatic heterocycles. The van der Waals surface area contributed by atoms with Crippen molar-refractivity contribution < 1.29 is 37.1 Å². The van der Waals surface area contributed by atoms with Crippen LogP contribution in [0.4, 0.5) is 23.7 Å². The van der Waals surface area contributed by atoms with Gasteiger partial charge in [-0.2, -0.15) is 0 Å². The molecule has 1 aromatic carbocycles. The Hall–Kier alpha value is -3.11. The largest absolute Gasteiger partial charge is 0.456 e. The van der Waals surface area contributed by atoms with Crippen LogP contribution in [-0.2, 0) is 19.1 Å². The summed E-state index contributed by atoms with van der Waals surface area (Å²) < 4.78 is 44.2. The van der Waals surface area contributed by atoms with E-state index in [1.54, 1.807) is 0 Å². The smallest absolute Gasteiger partial charge is 0.325 e. The number of rotatable bonds is 6. The number of amides is 4. The fourth-order valence-corrected chi connectivity index (χ4v) is 3.43. The molecule has 0 atom stereocenters. The number of halogens is 3. The Morgan fingerprint density at radius 3 is 2.52 bits per heavy atom. The summed E-state index contributed by atoms with van der Waals surface area (Å²) in [5.41, 5.74) is -1.49. The van der Waals surface area contributed by atoms with Crippen molar-refractivity contribution in [2.24, 2.45) is 0 Å². The molecular formula is C18H18F3N3O5. The predicted octanol–water partition coefficient (Wildman–Crippen LogP) is 1.84. The van der Waals surface area contributed by atoms with Crippen LogP contribution in [0.1, 0.15) is 32.1 Å². The zero-order valence-electron chi connectivity index (χ0n) is 15.2. The quantitative estimate of drug-likeness (QED) is 0.421. The van der Waals surface area contributed by atoms with E-state index >= 15 is 0 Å². The van der Waals surface area contributed by atoms with Crippen LogP contribution in [0.2, 0.25) is 0 Å². The third-order valence-corrected chi connectivity index (χ3v) is 4.92. The van der Waals surface area contributed by atoms with Crippen LogP contribution in [0.15, 0.2) is 12.1 Å². The summed E-state index contributed by atoms with van der Waals surface area (Å²) in [4.78, 5) is 48.9. The van der Waals surface area contributed by atoms with E-state index in [-0.39, 0.29) is 18.9 Å². The lowest BCUT2D eigenvalue weighted by Crippen LogP contribution is -2.44. The average Bonchev–Trinajstić information content (AvgIpc) is 3.24. The molecule has 1 aliphatic heterocycles. The molecule has 4 amide bonds. The van der Waals surface area contributed by atoms with Gasteiger partial charge in [-0.25, -0.2) is 18.0 Å². The summed E-state index contributed by atoms with van der Waals surface area (Å²) >= 11 is 0. The molecular weight excluding hydrogens is 395 g/mol. The van der Waals surface area contributed by atoms with Crippen LogP contribution in [0, 0.1) is 17.5 Å². The normalized spacial score (nSPS) is 17.6. The summed E-state index contributed by atoms with van der Waals surface area (Å²) in [5.74, 6) is -6.94. The first-order valence-corrected chi connectivity index (χ1v) is 8.96. The Labute approximate surface area is 163 Å². The molecule has 0 bridgehead atoms. The van der Waals surface area contributed by atoms with Crippen molar-refractivity contribution in [1.82, 2.24) is 10.2 Å². The third-order valence-electron chi connectivity index (χ3n) is 4.92. The molecule has 11 heteroatoms. The molecule has 1 aromatic rings. The molecule has 2 fully saturated rings. The second-order valence-corrected chi connectivity index (χ2v) is 6.86. The van der Waals surface area contributed by atoms with E-state index in [4.69, 9.17) is 4.74 Å². The van der Waals surface area contributed by atoms with Gasteiger partial charge in [0.1, 0.15) is 5.54 Å². The summed E-state index contributed by atoms with van der Waals surface area (Å²) in [6.07, 6.45) is 2.44. The van der Waals surface area contributed by atoms with Gasteiger partial charge in [0, 0.05) is 6.54 Å². The highest BCUT2D eigenvalue weighted by molar-refractivity contribution is 6.07. The van der Waals surface area contributed by atoms with Crippen LogP contribution in [-0.4, -0.2) is 47.4 Å². The maximum absolute atomic E-state index is 13.5. The van der Waals surface area contributed by atoms with E-state index in [0.29, 0.717) is 18.9 Å². The van der Waals surface area contributed by atoms with E-state index in [2.05, 4.69) is 5.32 Å². The highest BCUT2D eigenvalue weighted by Crippen LogP contribution is 2.35. The Morgan fingerprint density at radius 2 is 1.83 bits per heavy atom. The van der Waals surface area contributed by atoms with Crippen molar-refractivity contribution in [1.29, 1.82) is 0 Å². The standard InChI is InChI=1S/C18H18F3N3O5/c19-10-3-4-11(15(21)14(10)20)22-12(25)9-29-13(26)5-8-24-16(27)18(23-17(24)28)6-1-2-7-18/h3-4H,1-2,5-9H2,(H,22,25)(H,23,28). The number of ether oxygens (including phenoxy) is 1. The first-order chi connectivity index (χ1) is 13.7. The van der Waals surface area contributed by atoms with Crippen LogP contribution < -0.4 is 10.6 Å². The average molecular weight is 413 g/mol. The number of urea groups is 1. The van der Waals surface area contributed by atoms with Crippen molar-refractivity contribution in [3.63, 3.8) is 0 Å². The third kappa shape index (κ3) is 4.17. The second kappa shape index (κ2) is 8.10. The molecule has 0 radical (unpaired) electrons. The highest BCUT2D eigenvalue weighted by atomic mass is 19.2. The maximum Gasteiger partial charge on any atom is 0.325 e. The molecule has 2 N–H and O–H groups in total. The number of anilines is 1. The van der Waals surface area contributed by atoms with Crippen molar-refractivity contribution in [3.05, 3.63) is 29.6 Å². The molecule has 3 rings (SSSR count). The number of benzene rings is 1. The number of nitrogens with one attached hydrogen (secondary N) is 2. The predicted molar refractivity (Wildman–Crippen MR) is 92.0 cm³/mol. The van der Waals surface area contributed by atoms with Crippen LogP contribution in [0.25, 0.3) is 0 Å². The highest BCUT2D eigenvalue weighted by Gasteiger charge is 2.52. The number of esters is 1. The molecule has 29 heavy (non-hydrogen) atoms. The molecule has 156 valence electrons. The van der Waals surface area contributed by atoms with Crippen molar-refractivity contribution >= 4 is 29.5 Å². The molecule has 1 saturated carbocycles. The Balaban J connectivity index is 1.45. The van der Waals surface area contributed by atoms with Crippen molar-refractivity contribution in [2.45, 2.75) is 37.6 Å². The van der Waals surface area contributed by atoms with Gasteiger partial charge in [0.2, 0.25) is 0 Å². The number of nitrogens with zero attached hydrogens (tertiary/aromatic N) is 1. The summed E-state index contributed by atoms with van der Waals surface area (Å²) in [6, 6.07) is 0.885. The van der Waals surface area contributed by atoms with Gasteiger partial charge in [0.15, 0.2) is 24.1 Å². The topological polar surface area (TPSA) is 105 Å². The number of carbonyl (C=O) groups excluding carboxylic acids is 4. The summed E-state index contributed by atoms with van der Waals surface area (Å²) in [6.45, 7) is -1.01. The number of hydrogen-bond donors (Lipinski definition) is 2. The van der Waals surface area contributed by atoms with Gasteiger partial charge in [0.25, 0.3) is 11.8 Å². The molecule has 0 unspecified atom stereocenters. The van der Waals surface area contributed by atoms with Gasteiger partial charge in [0.05, 0.1) is 12.1 Å². The molecule has 1 aliphatic carbocycles. The molecule has 8 nitrogen and oxygen atoms in total. The van der Waals surface area contributed by atoms with E-state index in [1.165, 1.54) is 0 Å². The molecule has 1 saturated heterocycles. The fraction of sp³-hybridized carbons (Fsp3) is 0.444.